The Morgan fingerprint density at radius 2 is 1.73 bits per heavy atom. The Kier molecular flexibility index (Phi) is 3.01. The van der Waals surface area contributed by atoms with E-state index in [1.165, 1.54) is 12.1 Å². The summed E-state index contributed by atoms with van der Waals surface area (Å²) < 4.78 is 22.2. The summed E-state index contributed by atoms with van der Waals surface area (Å²) in [6.07, 6.45) is 0. The number of nitro groups is 1. The summed E-state index contributed by atoms with van der Waals surface area (Å²) >= 11 is 0. The molecule has 0 aliphatic rings. The molecule has 0 bridgehead atoms. The zero-order valence-electron chi connectivity index (χ0n) is 8.02. The minimum Gasteiger partial charge on any atom is -0.258 e. The first kappa shape index (κ1) is 11.9. The molecular formula is C8H8ClNO4S. The number of nitrogens with zero attached hydrogens (tertiary/aromatic N) is 1. The number of aryl methyl sites for hydroxylation is 2. The highest BCUT2D eigenvalue weighted by Crippen LogP contribution is 2.29. The topological polar surface area (TPSA) is 77.3 Å². The van der Waals surface area contributed by atoms with E-state index in [0.717, 1.165) is 0 Å². The lowest BCUT2D eigenvalue weighted by Crippen LogP contribution is -2.00. The van der Waals surface area contributed by atoms with Crippen molar-refractivity contribution < 1.29 is 13.3 Å². The molecule has 1 rings (SSSR count). The van der Waals surface area contributed by atoms with E-state index in [9.17, 15) is 18.5 Å². The van der Waals surface area contributed by atoms with Crippen molar-refractivity contribution in [2.75, 3.05) is 0 Å². The minimum atomic E-state index is -4.09. The fourth-order valence-corrected chi connectivity index (χ4v) is 2.18. The second-order valence-corrected chi connectivity index (χ2v) is 5.63. The van der Waals surface area contributed by atoms with Gasteiger partial charge in [-0.2, -0.15) is 0 Å². The Bertz CT molecular complexity index is 524. The van der Waals surface area contributed by atoms with Crippen LogP contribution in [0.1, 0.15) is 11.1 Å². The standard InChI is InChI=1S/C8H8ClNO4S/c1-5-3-7(10(11)12)8(4-6(5)2)15(9,13)14/h3-4H,1-2H3. The van der Waals surface area contributed by atoms with E-state index in [4.69, 9.17) is 10.7 Å². The molecule has 82 valence electrons. The zero-order chi connectivity index (χ0) is 11.8. The van der Waals surface area contributed by atoms with Gasteiger partial charge < -0.3 is 0 Å². The third-order valence-corrected chi connectivity index (χ3v) is 3.39. The quantitative estimate of drug-likeness (QED) is 0.457. The van der Waals surface area contributed by atoms with E-state index >= 15 is 0 Å². The van der Waals surface area contributed by atoms with Crippen molar-refractivity contribution >= 4 is 25.4 Å². The van der Waals surface area contributed by atoms with Crippen LogP contribution in [0.4, 0.5) is 5.69 Å². The van der Waals surface area contributed by atoms with E-state index in [-0.39, 0.29) is 0 Å². The summed E-state index contributed by atoms with van der Waals surface area (Å²) in [6, 6.07) is 2.40. The SMILES string of the molecule is Cc1cc([N+](=O)[O-])c(S(=O)(=O)Cl)cc1C. The first-order chi connectivity index (χ1) is 6.73. The predicted octanol–water partition coefficient (Wildman–Crippen LogP) is 2.14. The smallest absolute Gasteiger partial charge is 0.258 e. The second-order valence-electron chi connectivity index (χ2n) is 3.10. The van der Waals surface area contributed by atoms with Crippen LogP contribution in [0.2, 0.25) is 0 Å². The first-order valence-electron chi connectivity index (χ1n) is 3.94. The lowest BCUT2D eigenvalue weighted by molar-refractivity contribution is -0.387. The van der Waals surface area contributed by atoms with Gasteiger partial charge in [-0.15, -0.1) is 0 Å². The van der Waals surface area contributed by atoms with E-state index in [1.807, 2.05) is 0 Å². The van der Waals surface area contributed by atoms with Gasteiger partial charge in [-0.1, -0.05) is 0 Å². The van der Waals surface area contributed by atoms with Gasteiger partial charge in [-0.3, -0.25) is 10.1 Å². The summed E-state index contributed by atoms with van der Waals surface area (Å²) in [5.74, 6) is 0. The maximum atomic E-state index is 11.1. The van der Waals surface area contributed by atoms with Gasteiger partial charge in [0.2, 0.25) is 0 Å². The monoisotopic (exact) mass is 249 g/mol. The Hall–Kier alpha value is -1.14. The summed E-state index contributed by atoms with van der Waals surface area (Å²) in [6.45, 7) is 3.32. The molecule has 0 amide bonds. The number of hydrogen-bond donors (Lipinski definition) is 0. The molecule has 0 atom stereocenters. The Labute approximate surface area is 91.2 Å². The van der Waals surface area contributed by atoms with Crippen LogP contribution in [-0.2, 0) is 9.05 Å². The molecule has 0 N–H and O–H groups in total. The molecule has 7 heteroatoms. The third-order valence-electron chi connectivity index (χ3n) is 2.03. The highest BCUT2D eigenvalue weighted by molar-refractivity contribution is 8.13. The summed E-state index contributed by atoms with van der Waals surface area (Å²) in [5, 5.41) is 10.6. The van der Waals surface area contributed by atoms with Gasteiger partial charge in [0.05, 0.1) is 4.92 Å². The number of hydrogen-bond acceptors (Lipinski definition) is 4. The van der Waals surface area contributed by atoms with Gasteiger partial charge in [0.25, 0.3) is 14.7 Å². The molecule has 0 aliphatic heterocycles. The largest absolute Gasteiger partial charge is 0.289 e. The predicted molar refractivity (Wildman–Crippen MR) is 55.6 cm³/mol. The average molecular weight is 250 g/mol. The fraction of sp³-hybridized carbons (Fsp3) is 0.250. The summed E-state index contributed by atoms with van der Waals surface area (Å²) in [5.41, 5.74) is 0.790. The zero-order valence-corrected chi connectivity index (χ0v) is 9.59. The molecule has 0 fully saturated rings. The number of rotatable bonds is 2. The molecule has 0 saturated heterocycles. The Balaban J connectivity index is 3.64. The summed E-state index contributed by atoms with van der Waals surface area (Å²) in [4.78, 5) is 9.39. The van der Waals surface area contributed by atoms with Crippen molar-refractivity contribution in [2.24, 2.45) is 0 Å². The Morgan fingerprint density at radius 1 is 1.27 bits per heavy atom. The molecule has 5 nitrogen and oxygen atoms in total. The Morgan fingerprint density at radius 3 is 2.13 bits per heavy atom. The summed E-state index contributed by atoms with van der Waals surface area (Å²) in [7, 11) is 1.01. The van der Waals surface area contributed by atoms with Crippen LogP contribution in [-0.4, -0.2) is 13.3 Å². The molecule has 1 aromatic carbocycles. The van der Waals surface area contributed by atoms with Crippen molar-refractivity contribution in [3.8, 4) is 0 Å². The second kappa shape index (κ2) is 3.79. The fourth-order valence-electron chi connectivity index (χ4n) is 1.11. The van der Waals surface area contributed by atoms with Gasteiger partial charge >= 0.3 is 0 Å². The van der Waals surface area contributed by atoms with E-state index in [2.05, 4.69) is 0 Å². The van der Waals surface area contributed by atoms with Crippen molar-refractivity contribution in [3.63, 3.8) is 0 Å². The molecule has 0 heterocycles. The molecule has 0 saturated carbocycles. The van der Waals surface area contributed by atoms with Crippen LogP contribution in [0.5, 0.6) is 0 Å². The van der Waals surface area contributed by atoms with E-state index in [1.54, 1.807) is 13.8 Å². The van der Waals surface area contributed by atoms with Crippen LogP contribution in [0.25, 0.3) is 0 Å². The molecular weight excluding hydrogens is 242 g/mol. The average Bonchev–Trinajstić information content (AvgIpc) is 2.06. The highest BCUT2D eigenvalue weighted by atomic mass is 35.7. The van der Waals surface area contributed by atoms with Crippen molar-refractivity contribution in [3.05, 3.63) is 33.4 Å². The third kappa shape index (κ3) is 2.45. The first-order valence-corrected chi connectivity index (χ1v) is 6.24. The lowest BCUT2D eigenvalue weighted by Gasteiger charge is -2.03. The maximum Gasteiger partial charge on any atom is 0.289 e. The van der Waals surface area contributed by atoms with E-state index < -0.39 is 24.6 Å². The van der Waals surface area contributed by atoms with Gasteiger partial charge in [-0.25, -0.2) is 8.42 Å². The van der Waals surface area contributed by atoms with Crippen LogP contribution >= 0.6 is 10.7 Å². The van der Waals surface area contributed by atoms with Gasteiger partial charge in [0, 0.05) is 16.7 Å². The molecule has 1 aromatic rings. The van der Waals surface area contributed by atoms with Crippen molar-refractivity contribution in [2.45, 2.75) is 18.7 Å². The molecule has 0 radical (unpaired) electrons. The number of benzene rings is 1. The molecule has 0 aromatic heterocycles. The van der Waals surface area contributed by atoms with Gasteiger partial charge in [0.15, 0.2) is 4.90 Å². The maximum absolute atomic E-state index is 11.1. The normalized spacial score (nSPS) is 11.4. The molecule has 0 unspecified atom stereocenters. The number of halogens is 1. The highest BCUT2D eigenvalue weighted by Gasteiger charge is 2.24. The van der Waals surface area contributed by atoms with Crippen LogP contribution in [0.15, 0.2) is 17.0 Å². The van der Waals surface area contributed by atoms with Crippen molar-refractivity contribution in [1.82, 2.24) is 0 Å². The van der Waals surface area contributed by atoms with Gasteiger partial charge in [0.1, 0.15) is 0 Å². The molecule has 15 heavy (non-hydrogen) atoms. The van der Waals surface area contributed by atoms with Crippen molar-refractivity contribution in [1.29, 1.82) is 0 Å². The number of nitro benzene ring substituents is 1. The van der Waals surface area contributed by atoms with Crippen LogP contribution in [0.3, 0.4) is 0 Å². The minimum absolute atomic E-state index is 0.461. The van der Waals surface area contributed by atoms with Gasteiger partial charge in [-0.05, 0) is 31.0 Å². The lowest BCUT2D eigenvalue weighted by atomic mass is 10.1. The van der Waals surface area contributed by atoms with Crippen LogP contribution < -0.4 is 0 Å². The molecule has 0 spiro atoms. The van der Waals surface area contributed by atoms with Crippen LogP contribution in [0, 0.1) is 24.0 Å². The van der Waals surface area contributed by atoms with E-state index in [0.29, 0.717) is 11.1 Å². The molecule has 0 aliphatic carbocycles.